The lowest BCUT2D eigenvalue weighted by Crippen LogP contribution is -2.41. The summed E-state index contributed by atoms with van der Waals surface area (Å²) in [6.07, 6.45) is -10.6. The van der Waals surface area contributed by atoms with Gasteiger partial charge in [0.05, 0.1) is 27.2 Å². The summed E-state index contributed by atoms with van der Waals surface area (Å²) >= 11 is 0. The Kier molecular flexibility index (Phi) is 7.53. The van der Waals surface area contributed by atoms with Crippen molar-refractivity contribution in [1.29, 1.82) is 0 Å². The molecule has 0 fully saturated rings. The Morgan fingerprint density at radius 3 is 1.43 bits per heavy atom. The first-order valence-electron chi connectivity index (χ1n) is 14.1. The van der Waals surface area contributed by atoms with Gasteiger partial charge in [-0.1, -0.05) is 24.3 Å². The molecule has 5 aromatic rings. The van der Waals surface area contributed by atoms with Crippen molar-refractivity contribution in [1.82, 2.24) is 9.13 Å². The van der Waals surface area contributed by atoms with E-state index in [1.807, 2.05) is 0 Å². The summed E-state index contributed by atoms with van der Waals surface area (Å²) in [5.41, 5.74) is -11.7. The summed E-state index contributed by atoms with van der Waals surface area (Å²) in [6, 6.07) is 6.93. The number of benzene rings is 3. The first-order valence-corrected chi connectivity index (χ1v) is 14.1. The average molecular weight is 663 g/mol. The highest BCUT2D eigenvalue weighted by molar-refractivity contribution is 5.98. The molecule has 0 saturated heterocycles. The molecule has 0 radical (unpaired) electrons. The van der Waals surface area contributed by atoms with Crippen molar-refractivity contribution in [3.05, 3.63) is 117 Å². The maximum Gasteiger partial charge on any atom is 0.421 e. The van der Waals surface area contributed by atoms with Crippen LogP contribution < -0.4 is 22.2 Å². The van der Waals surface area contributed by atoms with Crippen LogP contribution in [-0.2, 0) is 24.7 Å². The lowest BCUT2D eigenvalue weighted by Gasteiger charge is -2.30. The van der Waals surface area contributed by atoms with Gasteiger partial charge in [-0.25, -0.2) is 4.57 Å². The molecule has 47 heavy (non-hydrogen) atoms. The first kappa shape index (κ1) is 33.8. The van der Waals surface area contributed by atoms with Gasteiger partial charge in [-0.15, -0.1) is 0 Å². The predicted octanol–water partition coefficient (Wildman–Crippen LogP) is 4.49. The zero-order valence-electron chi connectivity index (χ0n) is 25.9. The third-order valence-corrected chi connectivity index (χ3v) is 8.97. The molecular weight excluding hydrogens is 634 g/mol. The topological polar surface area (TPSA) is 119 Å². The van der Waals surface area contributed by atoms with E-state index in [0.717, 1.165) is 28.8 Å². The number of fused-ring (bicyclic) bond motifs is 2. The lowest BCUT2D eigenvalue weighted by molar-refractivity contribution is -0.259. The molecule has 3 aromatic carbocycles. The second-order valence-corrected chi connectivity index (χ2v) is 12.3. The van der Waals surface area contributed by atoms with Gasteiger partial charge >= 0.3 is 12.4 Å². The second-order valence-electron chi connectivity index (χ2n) is 12.3. The van der Waals surface area contributed by atoms with Gasteiger partial charge in [0.25, 0.3) is 22.2 Å². The van der Waals surface area contributed by atoms with Crippen LogP contribution in [-0.4, -0.2) is 31.7 Å². The number of hydrogen-bond acceptors (Lipinski definition) is 6. The molecule has 2 unspecified atom stereocenters. The van der Waals surface area contributed by atoms with Crippen LogP contribution >= 0.6 is 0 Å². The zero-order chi connectivity index (χ0) is 35.3. The fourth-order valence-corrected chi connectivity index (χ4v) is 6.00. The van der Waals surface area contributed by atoms with E-state index in [2.05, 4.69) is 0 Å². The van der Waals surface area contributed by atoms with E-state index in [0.29, 0.717) is 24.0 Å². The van der Waals surface area contributed by atoms with Crippen LogP contribution in [0.5, 0.6) is 0 Å². The molecule has 0 aliphatic rings. The highest BCUT2D eigenvalue weighted by atomic mass is 19.4. The van der Waals surface area contributed by atoms with E-state index >= 15 is 0 Å². The van der Waals surface area contributed by atoms with Crippen LogP contribution in [0.2, 0.25) is 0 Å². The fraction of sp³-hybridized carbons (Fsp3) is 0.333. The van der Waals surface area contributed by atoms with E-state index in [9.17, 15) is 55.7 Å². The molecule has 5 rings (SSSR count). The Morgan fingerprint density at radius 1 is 0.596 bits per heavy atom. The average Bonchev–Trinajstić information content (AvgIpc) is 3.31. The molecule has 0 aliphatic carbocycles. The van der Waals surface area contributed by atoms with Crippen LogP contribution in [0, 0.1) is 20.8 Å². The number of nitrogens with zero attached hydrogens (tertiary/aromatic N) is 2. The molecule has 0 bridgehead atoms. The van der Waals surface area contributed by atoms with Gasteiger partial charge in [-0.2, -0.15) is 26.3 Å². The maximum absolute atomic E-state index is 14.4. The van der Waals surface area contributed by atoms with Gasteiger partial charge < -0.3 is 10.2 Å². The van der Waals surface area contributed by atoms with Crippen LogP contribution in [0.1, 0.15) is 52.8 Å². The summed E-state index contributed by atoms with van der Waals surface area (Å²) in [7, 11) is 1.21. The first-order chi connectivity index (χ1) is 21.4. The van der Waals surface area contributed by atoms with Crippen molar-refractivity contribution < 1.29 is 36.6 Å². The monoisotopic (exact) mass is 662 g/mol. The van der Waals surface area contributed by atoms with Crippen LogP contribution in [0.3, 0.4) is 0 Å². The van der Waals surface area contributed by atoms with E-state index in [1.54, 1.807) is 0 Å². The number of aliphatic hydroxyl groups is 2. The summed E-state index contributed by atoms with van der Waals surface area (Å²) in [6.45, 7) is 5.23. The summed E-state index contributed by atoms with van der Waals surface area (Å²) in [4.78, 5) is 52.3. The molecule has 0 saturated carbocycles. The Balaban J connectivity index is 1.78. The van der Waals surface area contributed by atoms with Gasteiger partial charge in [0, 0.05) is 12.6 Å². The van der Waals surface area contributed by atoms with Crippen LogP contribution in [0.15, 0.2) is 55.6 Å². The highest BCUT2D eigenvalue weighted by Gasteiger charge is 2.53. The largest absolute Gasteiger partial charge is 0.421 e. The van der Waals surface area contributed by atoms with Crippen molar-refractivity contribution in [2.24, 2.45) is 7.05 Å². The van der Waals surface area contributed by atoms with E-state index < -0.39 is 62.6 Å². The van der Waals surface area contributed by atoms with Crippen molar-refractivity contribution in [2.75, 3.05) is 0 Å². The molecular formula is C33H28F6N2O6. The van der Waals surface area contributed by atoms with Crippen molar-refractivity contribution in [3.8, 4) is 5.69 Å². The Bertz CT molecular complexity index is 2260. The number of rotatable bonds is 5. The van der Waals surface area contributed by atoms with Crippen LogP contribution in [0.25, 0.3) is 27.2 Å². The summed E-state index contributed by atoms with van der Waals surface area (Å²) in [5, 5.41) is 20.3. The number of halogens is 6. The molecule has 14 heteroatoms. The van der Waals surface area contributed by atoms with Gasteiger partial charge in [-0.05, 0) is 86.6 Å². The number of hydrogen-bond donors (Lipinski definition) is 2. The van der Waals surface area contributed by atoms with Gasteiger partial charge in [0.15, 0.2) is 11.2 Å². The third-order valence-electron chi connectivity index (χ3n) is 8.97. The van der Waals surface area contributed by atoms with Crippen molar-refractivity contribution in [3.63, 3.8) is 0 Å². The van der Waals surface area contributed by atoms with E-state index in [1.165, 1.54) is 40.0 Å². The van der Waals surface area contributed by atoms with E-state index in [4.69, 9.17) is 0 Å². The third kappa shape index (κ3) is 5.01. The zero-order valence-corrected chi connectivity index (χ0v) is 25.9. The molecule has 8 nitrogen and oxygen atoms in total. The fourth-order valence-electron chi connectivity index (χ4n) is 6.00. The van der Waals surface area contributed by atoms with Crippen molar-refractivity contribution >= 4 is 21.5 Å². The highest BCUT2D eigenvalue weighted by Crippen LogP contribution is 2.43. The van der Waals surface area contributed by atoms with Crippen LogP contribution in [0.4, 0.5) is 26.3 Å². The van der Waals surface area contributed by atoms with E-state index in [-0.39, 0.29) is 50.2 Å². The van der Waals surface area contributed by atoms with Crippen molar-refractivity contribution in [2.45, 2.75) is 64.6 Å². The maximum atomic E-state index is 14.4. The number of alkyl halides is 6. The Morgan fingerprint density at radius 2 is 0.979 bits per heavy atom. The molecule has 2 heterocycles. The quantitative estimate of drug-likeness (QED) is 0.268. The Labute approximate surface area is 261 Å². The molecule has 0 aliphatic heterocycles. The molecule has 2 aromatic heterocycles. The molecule has 2 atom stereocenters. The smallest absolute Gasteiger partial charge is 0.376 e. The lowest BCUT2D eigenvalue weighted by atomic mass is 9.85. The number of aryl methyl sites for hydroxylation is 2. The minimum Gasteiger partial charge on any atom is -0.376 e. The predicted molar refractivity (Wildman–Crippen MR) is 162 cm³/mol. The Hall–Kier alpha value is -4.56. The standard InChI is InChI=1S/C33H28F6N2O6/c1-14-7-17(10-23(16(14)3)30(4,46)32(34,35)36)9-18-8-15(2)25(24(11-18)31(5,47)33(37,38)39)41-28(44)21-12-19-20(13-22(21)29(41)45)27(43)40(6)26(19)42/h7-8,10-13,46-47H,9H2,1-6H3. The van der Waals surface area contributed by atoms with Gasteiger partial charge in [-0.3, -0.25) is 23.7 Å². The second kappa shape index (κ2) is 10.5. The molecule has 0 spiro atoms. The van der Waals surface area contributed by atoms with Gasteiger partial charge in [0.2, 0.25) is 0 Å². The number of aromatic nitrogens is 2. The minimum atomic E-state index is -5.32. The summed E-state index contributed by atoms with van der Waals surface area (Å²) < 4.78 is 85.5. The van der Waals surface area contributed by atoms with Gasteiger partial charge in [0.1, 0.15) is 0 Å². The minimum absolute atomic E-state index is 0.0673. The molecule has 2 N–H and O–H groups in total. The molecule has 248 valence electrons. The SMILES string of the molecule is Cc1cc(Cc2cc(C)c(-n3c(=O)c4cc5c(=O)n(C)c(=O)c5cc4c3=O)c(C(C)(O)C(F)(F)F)c2)cc(C(C)(O)C(F)(F)F)c1C. The molecule has 0 amide bonds. The summed E-state index contributed by atoms with van der Waals surface area (Å²) in [5.74, 6) is 0. The normalized spacial score (nSPS) is 15.4.